The van der Waals surface area contributed by atoms with Crippen LogP contribution >= 0.6 is 0 Å². The van der Waals surface area contributed by atoms with E-state index in [2.05, 4.69) is 34.5 Å². The smallest absolute Gasteiger partial charge is 0.321 e. The molecule has 0 aromatic heterocycles. The highest BCUT2D eigenvalue weighted by molar-refractivity contribution is 5.90. The fraction of sp³-hybridized carbons (Fsp3) is 0.375. The molecule has 0 aliphatic carbocycles. The maximum atomic E-state index is 12.6. The van der Waals surface area contributed by atoms with Crippen molar-refractivity contribution >= 4 is 17.6 Å². The SMILES string of the molecule is CN(C)C(=O)CC1c2ccccc2CCN1C1CN(C(=O)Nc2cccc(C#N)c2)C1. The minimum Gasteiger partial charge on any atom is -0.349 e. The van der Waals surface area contributed by atoms with Gasteiger partial charge in [0.15, 0.2) is 0 Å². The second-order valence-electron chi connectivity index (χ2n) is 8.38. The average molecular weight is 418 g/mol. The Morgan fingerprint density at radius 3 is 2.68 bits per heavy atom. The standard InChI is InChI=1S/C24H27N5O2/c1-27(2)23(30)13-22-21-9-4-3-7-18(21)10-11-29(22)20-15-28(16-20)24(31)26-19-8-5-6-17(12-19)14-25/h3-9,12,20,22H,10-11,13,15-16H2,1-2H3,(H,26,31). The van der Waals surface area contributed by atoms with E-state index in [9.17, 15) is 9.59 Å². The van der Waals surface area contributed by atoms with Crippen molar-refractivity contribution in [2.75, 3.05) is 39.0 Å². The first-order valence-corrected chi connectivity index (χ1v) is 10.6. The van der Waals surface area contributed by atoms with Crippen molar-refractivity contribution in [1.29, 1.82) is 5.26 Å². The molecule has 1 N–H and O–H groups in total. The van der Waals surface area contributed by atoms with Crippen molar-refractivity contribution in [3.05, 3.63) is 65.2 Å². The Labute approximate surface area is 182 Å². The highest BCUT2D eigenvalue weighted by Crippen LogP contribution is 2.36. The van der Waals surface area contributed by atoms with Gasteiger partial charge in [0.25, 0.3) is 0 Å². The van der Waals surface area contributed by atoms with Gasteiger partial charge in [-0.05, 0) is 35.7 Å². The monoisotopic (exact) mass is 417 g/mol. The number of nitriles is 1. The summed E-state index contributed by atoms with van der Waals surface area (Å²) in [5.74, 6) is 0.109. The summed E-state index contributed by atoms with van der Waals surface area (Å²) in [6.07, 6.45) is 1.39. The molecule has 0 radical (unpaired) electrons. The summed E-state index contributed by atoms with van der Waals surface area (Å²) in [4.78, 5) is 31.0. The van der Waals surface area contributed by atoms with E-state index in [1.54, 1.807) is 48.2 Å². The number of likely N-dealkylation sites (tertiary alicyclic amines) is 1. The Bertz CT molecular complexity index is 1020. The normalized spacial score (nSPS) is 18.5. The lowest BCUT2D eigenvalue weighted by Crippen LogP contribution is -2.63. The molecule has 1 saturated heterocycles. The molecule has 2 aromatic rings. The van der Waals surface area contributed by atoms with Crippen LogP contribution < -0.4 is 5.32 Å². The van der Waals surface area contributed by atoms with Gasteiger partial charge in [0, 0.05) is 57.9 Å². The van der Waals surface area contributed by atoms with Crippen molar-refractivity contribution in [1.82, 2.24) is 14.7 Å². The number of amides is 3. The minimum absolute atomic E-state index is 0.0300. The molecule has 0 bridgehead atoms. The number of carbonyl (C=O) groups is 2. The maximum absolute atomic E-state index is 12.6. The molecule has 1 fully saturated rings. The maximum Gasteiger partial charge on any atom is 0.321 e. The van der Waals surface area contributed by atoms with Crippen LogP contribution in [-0.2, 0) is 11.2 Å². The third kappa shape index (κ3) is 4.39. The number of hydrogen-bond acceptors (Lipinski definition) is 4. The Hall–Kier alpha value is -3.37. The summed E-state index contributed by atoms with van der Waals surface area (Å²) < 4.78 is 0. The van der Waals surface area contributed by atoms with Gasteiger partial charge in [-0.1, -0.05) is 30.3 Å². The highest BCUT2D eigenvalue weighted by Gasteiger charge is 2.41. The molecule has 2 aliphatic heterocycles. The predicted octanol–water partition coefficient (Wildman–Crippen LogP) is 2.85. The summed E-state index contributed by atoms with van der Waals surface area (Å²) in [5.41, 5.74) is 3.66. The lowest BCUT2D eigenvalue weighted by molar-refractivity contribution is -0.130. The molecule has 7 heteroatoms. The summed E-state index contributed by atoms with van der Waals surface area (Å²) in [5, 5.41) is 11.9. The fourth-order valence-corrected chi connectivity index (χ4v) is 4.38. The molecule has 2 aromatic carbocycles. The van der Waals surface area contributed by atoms with Crippen LogP contribution in [0.1, 0.15) is 29.2 Å². The quantitative estimate of drug-likeness (QED) is 0.830. The average Bonchev–Trinajstić information content (AvgIpc) is 2.74. The third-order valence-corrected chi connectivity index (χ3v) is 6.18. The first-order chi connectivity index (χ1) is 15.0. The van der Waals surface area contributed by atoms with E-state index in [4.69, 9.17) is 5.26 Å². The number of nitrogens with one attached hydrogen (secondary N) is 1. The zero-order valence-corrected chi connectivity index (χ0v) is 17.9. The van der Waals surface area contributed by atoms with Crippen LogP contribution in [0, 0.1) is 11.3 Å². The summed E-state index contributed by atoms with van der Waals surface area (Å²) in [7, 11) is 3.58. The van der Waals surface area contributed by atoms with E-state index >= 15 is 0 Å². The van der Waals surface area contributed by atoms with Crippen LogP contribution in [0.3, 0.4) is 0 Å². The van der Waals surface area contributed by atoms with Gasteiger partial charge in [0.2, 0.25) is 5.91 Å². The molecule has 0 saturated carbocycles. The molecule has 7 nitrogen and oxygen atoms in total. The Morgan fingerprint density at radius 1 is 1.16 bits per heavy atom. The van der Waals surface area contributed by atoms with Crippen LogP contribution in [0.25, 0.3) is 0 Å². The Morgan fingerprint density at radius 2 is 1.94 bits per heavy atom. The molecule has 1 atom stereocenters. The number of benzene rings is 2. The number of urea groups is 1. The number of nitrogens with zero attached hydrogens (tertiary/aromatic N) is 4. The van der Waals surface area contributed by atoms with E-state index in [-0.39, 0.29) is 24.0 Å². The molecular weight excluding hydrogens is 390 g/mol. The molecule has 2 aliphatic rings. The van der Waals surface area contributed by atoms with Crippen molar-refractivity contribution in [3.8, 4) is 6.07 Å². The van der Waals surface area contributed by atoms with Gasteiger partial charge in [-0.2, -0.15) is 5.26 Å². The lowest BCUT2D eigenvalue weighted by atomic mass is 9.88. The minimum atomic E-state index is -0.162. The molecule has 160 valence electrons. The second-order valence-corrected chi connectivity index (χ2v) is 8.38. The van der Waals surface area contributed by atoms with Gasteiger partial charge in [0.05, 0.1) is 11.6 Å². The van der Waals surface area contributed by atoms with Crippen molar-refractivity contribution in [2.24, 2.45) is 0 Å². The Balaban J connectivity index is 1.43. The molecule has 1 unspecified atom stereocenters. The van der Waals surface area contributed by atoms with Crippen molar-refractivity contribution in [2.45, 2.75) is 24.9 Å². The van der Waals surface area contributed by atoms with Gasteiger partial charge in [0.1, 0.15) is 0 Å². The van der Waals surface area contributed by atoms with Crippen LogP contribution in [0.15, 0.2) is 48.5 Å². The molecule has 2 heterocycles. The van der Waals surface area contributed by atoms with Gasteiger partial charge in [-0.3, -0.25) is 9.69 Å². The van der Waals surface area contributed by atoms with E-state index < -0.39 is 0 Å². The Kier molecular flexibility index (Phi) is 5.92. The number of fused-ring (bicyclic) bond motifs is 1. The first-order valence-electron chi connectivity index (χ1n) is 10.6. The van der Waals surface area contributed by atoms with E-state index in [1.807, 2.05) is 6.07 Å². The van der Waals surface area contributed by atoms with Crippen LogP contribution in [-0.4, -0.2) is 66.4 Å². The molecule has 31 heavy (non-hydrogen) atoms. The van der Waals surface area contributed by atoms with Gasteiger partial charge < -0.3 is 15.1 Å². The third-order valence-electron chi connectivity index (χ3n) is 6.18. The second kappa shape index (κ2) is 8.78. The van der Waals surface area contributed by atoms with Crippen molar-refractivity contribution in [3.63, 3.8) is 0 Å². The zero-order chi connectivity index (χ0) is 22.0. The molecule has 3 amide bonds. The van der Waals surface area contributed by atoms with Gasteiger partial charge in [-0.15, -0.1) is 0 Å². The lowest BCUT2D eigenvalue weighted by Gasteiger charge is -2.50. The largest absolute Gasteiger partial charge is 0.349 e. The van der Waals surface area contributed by atoms with E-state index in [0.29, 0.717) is 30.8 Å². The number of hydrogen-bond donors (Lipinski definition) is 1. The van der Waals surface area contributed by atoms with Crippen LogP contribution in [0.4, 0.5) is 10.5 Å². The highest BCUT2D eigenvalue weighted by atomic mass is 16.2. The predicted molar refractivity (Wildman–Crippen MR) is 118 cm³/mol. The van der Waals surface area contributed by atoms with Crippen LogP contribution in [0.2, 0.25) is 0 Å². The van der Waals surface area contributed by atoms with Gasteiger partial charge >= 0.3 is 6.03 Å². The van der Waals surface area contributed by atoms with Crippen molar-refractivity contribution < 1.29 is 9.59 Å². The van der Waals surface area contributed by atoms with Crippen LogP contribution in [0.5, 0.6) is 0 Å². The molecule has 4 rings (SSSR count). The summed E-state index contributed by atoms with van der Waals surface area (Å²) in [6, 6.07) is 17.4. The van der Waals surface area contributed by atoms with Gasteiger partial charge in [-0.25, -0.2) is 4.79 Å². The van der Waals surface area contributed by atoms with E-state index in [1.165, 1.54) is 11.1 Å². The number of anilines is 1. The first kappa shape index (κ1) is 20.9. The molecule has 0 spiro atoms. The zero-order valence-electron chi connectivity index (χ0n) is 17.9. The fourth-order valence-electron chi connectivity index (χ4n) is 4.38. The topological polar surface area (TPSA) is 79.7 Å². The summed E-state index contributed by atoms with van der Waals surface area (Å²) in [6.45, 7) is 2.13. The number of carbonyl (C=O) groups excluding carboxylic acids is 2. The van der Waals surface area contributed by atoms with E-state index in [0.717, 1.165) is 13.0 Å². The number of rotatable bonds is 4. The summed E-state index contributed by atoms with van der Waals surface area (Å²) >= 11 is 0. The molecular formula is C24H27N5O2.